The number of hydrogen-bond donors (Lipinski definition) is 8. The predicted molar refractivity (Wildman–Crippen MR) is 307 cm³/mol. The number of nitrogens with zero attached hydrogens (tertiary/aromatic N) is 5. The Morgan fingerprint density at radius 2 is 0.807 bits per heavy atom. The summed E-state index contributed by atoms with van der Waals surface area (Å²) >= 11 is 24.4. The topological polar surface area (TPSA) is 424 Å². The third-order valence-corrected chi connectivity index (χ3v) is 19.1. The summed E-state index contributed by atoms with van der Waals surface area (Å²) in [6, 6.07) is 12.7. The van der Waals surface area contributed by atoms with Crippen molar-refractivity contribution in [1.29, 1.82) is 0 Å². The number of methoxy groups -OCH3 is 2. The van der Waals surface area contributed by atoms with Gasteiger partial charge in [-0.15, -0.1) is 0 Å². The van der Waals surface area contributed by atoms with Crippen LogP contribution in [0.15, 0.2) is 97.9 Å². The Balaban J connectivity index is 0.000000179. The quantitative estimate of drug-likeness (QED) is 0.0330. The number of pyridine rings is 3. The van der Waals surface area contributed by atoms with Crippen LogP contribution in [0.5, 0.6) is 0 Å². The molecule has 3 aromatic carbocycles. The van der Waals surface area contributed by atoms with Gasteiger partial charge in [0.25, 0.3) is 0 Å². The molecule has 12 N–H and O–H groups in total. The largest absolute Gasteiger partial charge is 0.480 e. The molecule has 6 aromatic rings. The first-order chi connectivity index (χ1) is 39.1. The number of aromatic nitrogens is 3. The lowest BCUT2D eigenvalue weighted by atomic mass is 9.91. The van der Waals surface area contributed by atoms with Crippen LogP contribution in [0, 0.1) is 0 Å². The highest BCUT2D eigenvalue weighted by molar-refractivity contribution is 7.90. The lowest BCUT2D eigenvalue weighted by Gasteiger charge is -2.34. The monoisotopic (exact) mass is 1290 g/mol. The highest BCUT2D eigenvalue weighted by Gasteiger charge is 2.47. The normalized spacial score (nSPS) is 16.7. The van der Waals surface area contributed by atoms with Crippen molar-refractivity contribution in [2.75, 3.05) is 53.9 Å². The number of halogens is 4. The third kappa shape index (κ3) is 14.6. The number of benzene rings is 3. The molecule has 3 aromatic heterocycles. The fourth-order valence-corrected chi connectivity index (χ4v) is 14.1. The molecule has 3 fully saturated rings. The van der Waals surface area contributed by atoms with Gasteiger partial charge in [-0.05, 0) is 36.4 Å². The van der Waals surface area contributed by atoms with Crippen LogP contribution in [0.1, 0.15) is 38.5 Å². The summed E-state index contributed by atoms with van der Waals surface area (Å²) in [6.07, 6.45) is 4.81. The molecule has 446 valence electrons. The third-order valence-electron chi connectivity index (χ3n) is 13.3. The van der Waals surface area contributed by atoms with Crippen LogP contribution in [0.4, 0.5) is 11.6 Å². The first-order valence-electron chi connectivity index (χ1n) is 24.5. The van der Waals surface area contributed by atoms with Crippen molar-refractivity contribution in [3.05, 3.63) is 93.4 Å². The Kier molecular flexibility index (Phi) is 20.3. The summed E-state index contributed by atoms with van der Waals surface area (Å²) in [5.41, 5.74) is 17.2. The van der Waals surface area contributed by atoms with E-state index in [4.69, 9.17) is 93.0 Å². The Bertz CT molecular complexity index is 3900. The summed E-state index contributed by atoms with van der Waals surface area (Å²) < 4.78 is 110. The van der Waals surface area contributed by atoms with Crippen molar-refractivity contribution >= 4 is 150 Å². The zero-order chi connectivity index (χ0) is 60.7. The van der Waals surface area contributed by atoms with Gasteiger partial charge in [-0.25, -0.2) is 40.2 Å². The molecule has 0 aliphatic carbocycles. The highest BCUT2D eigenvalue weighted by Crippen LogP contribution is 2.36. The number of nitrogens with one attached hydrogen (secondary N) is 3. The first-order valence-corrected chi connectivity index (χ1v) is 30.4. The molecule has 0 amide bonds. The fraction of sp³-hybridized carbons (Fsp3) is 0.347. The molecule has 0 bridgehead atoms. The number of hydrogen-bond acceptors (Lipinski definition) is 19. The van der Waals surface area contributed by atoms with E-state index in [9.17, 15) is 44.7 Å². The van der Waals surface area contributed by atoms with Gasteiger partial charge >= 0.3 is 17.9 Å². The van der Waals surface area contributed by atoms with Crippen molar-refractivity contribution < 1.29 is 68.4 Å². The number of nitrogens with two attached hydrogens (primary N) is 4. The maximum absolute atomic E-state index is 13.1. The van der Waals surface area contributed by atoms with Crippen molar-refractivity contribution in [3.63, 3.8) is 0 Å². The standard InChI is InChI=1S/C17H20ClN5O5S.C16H16Cl2N2O5S.C16H18ClN5O5S/c1-27-15(24)17(4-6-28-7-5-17)23-29(25,26)10-2-3-11-12(8-10)14(22-16(19)20)21-9-13(11)18;1-24-15(21)16(4-6-25-7-5-16)20-26(22,23)10-2-3-11-12(8-10)14(18)19-9-13(11)17;17-12-8-20-13(21-15(18)19)11-7-9(1-2-10(11)12)28(25,26)22-16(14(23)24)3-5-27-6-4-16/h2-3,8-9,23H,4-7H2,1H3,(H4,19,20,21,22);2-3,8-9,20H,4-7H2,1H3;1-2,7-8,22H,3-6H2,(H,23,24)(H4,18,19,20,21). The zero-order valence-electron chi connectivity index (χ0n) is 43.9. The molecule has 0 radical (unpaired) electrons. The molecule has 0 atom stereocenters. The number of sulfonamides is 3. The first kappa shape index (κ1) is 64.2. The minimum absolute atomic E-state index is 0.0157. The van der Waals surface area contributed by atoms with Crippen LogP contribution in [-0.4, -0.2) is 146 Å². The molecule has 0 spiro atoms. The van der Waals surface area contributed by atoms with E-state index in [0.29, 0.717) is 42.4 Å². The van der Waals surface area contributed by atoms with Gasteiger partial charge in [0.1, 0.15) is 21.8 Å². The number of carbonyl (C=O) groups is 3. The van der Waals surface area contributed by atoms with Crippen molar-refractivity contribution in [2.24, 2.45) is 32.9 Å². The summed E-state index contributed by atoms with van der Waals surface area (Å²) in [5, 5.41) is 13.3. The zero-order valence-corrected chi connectivity index (χ0v) is 49.3. The number of carbonyl (C=O) groups excluding carboxylic acids is 2. The van der Waals surface area contributed by atoms with Crippen molar-refractivity contribution in [1.82, 2.24) is 29.1 Å². The molecule has 3 aliphatic heterocycles. The smallest absolute Gasteiger partial charge is 0.327 e. The molecule has 34 heteroatoms. The summed E-state index contributed by atoms with van der Waals surface area (Å²) in [7, 11) is -9.90. The van der Waals surface area contributed by atoms with E-state index in [-0.39, 0.29) is 127 Å². The van der Waals surface area contributed by atoms with Crippen LogP contribution in [-0.2, 0) is 68.1 Å². The van der Waals surface area contributed by atoms with Gasteiger partial charge in [0.15, 0.2) is 23.6 Å². The molecule has 0 unspecified atom stereocenters. The Labute approximate surface area is 494 Å². The number of esters is 2. The molecule has 0 saturated carbocycles. The van der Waals surface area contributed by atoms with Crippen molar-refractivity contribution in [3.8, 4) is 0 Å². The van der Waals surface area contributed by atoms with Gasteiger partial charge in [0.2, 0.25) is 30.1 Å². The van der Waals surface area contributed by atoms with Gasteiger partial charge in [0.05, 0.1) is 44.0 Å². The molecule has 3 saturated heterocycles. The fourth-order valence-electron chi connectivity index (χ4n) is 8.98. The van der Waals surface area contributed by atoms with E-state index in [1.807, 2.05) is 0 Å². The maximum Gasteiger partial charge on any atom is 0.327 e. The number of ether oxygens (including phenoxy) is 5. The average molecular weight is 1290 g/mol. The predicted octanol–water partition coefficient (Wildman–Crippen LogP) is 4.04. The van der Waals surface area contributed by atoms with E-state index in [2.05, 4.69) is 39.1 Å². The lowest BCUT2D eigenvalue weighted by molar-refractivity contribution is -0.152. The number of fused-ring (bicyclic) bond motifs is 3. The Morgan fingerprint density at radius 3 is 1.13 bits per heavy atom. The van der Waals surface area contributed by atoms with Gasteiger partial charge in [0, 0.05) is 129 Å². The number of aliphatic carboxylic acids is 1. The van der Waals surface area contributed by atoms with E-state index in [1.165, 1.54) is 81.3 Å². The van der Waals surface area contributed by atoms with Crippen LogP contribution < -0.4 is 37.1 Å². The average Bonchev–Trinajstić information content (AvgIpc) is 2.76. The van der Waals surface area contributed by atoms with Gasteiger partial charge in [-0.2, -0.15) is 24.2 Å². The Morgan fingerprint density at radius 1 is 0.506 bits per heavy atom. The number of aliphatic imine (C=N–C) groups is 2. The second-order valence-electron chi connectivity index (χ2n) is 18.6. The van der Waals surface area contributed by atoms with Crippen molar-refractivity contribution in [2.45, 2.75) is 69.8 Å². The number of guanidine groups is 2. The van der Waals surface area contributed by atoms with Crippen LogP contribution in [0.3, 0.4) is 0 Å². The van der Waals surface area contributed by atoms with Crippen LogP contribution in [0.2, 0.25) is 20.2 Å². The van der Waals surface area contributed by atoms with E-state index < -0.39 is 64.6 Å². The SMILES string of the molecule is COC(=O)C1(NS(=O)(=O)c2ccc3c(Cl)cnc(Cl)c3c2)CCOCC1.COC(=O)C1(NS(=O)(=O)c2ccc3c(Cl)cnc(N=C(N)N)c3c2)CCOCC1.NC(N)=Nc1ncc(Cl)c2ccc(S(=O)(=O)NC3(C(=O)O)CCOCC3)cc12. The molecule has 6 heterocycles. The molecule has 83 heavy (non-hydrogen) atoms. The van der Waals surface area contributed by atoms with E-state index in [1.54, 1.807) is 6.07 Å². The second kappa shape index (κ2) is 26.3. The number of rotatable bonds is 14. The van der Waals surface area contributed by atoms with E-state index >= 15 is 0 Å². The van der Waals surface area contributed by atoms with Gasteiger partial charge in [-0.1, -0.05) is 64.6 Å². The number of carboxylic acid groups (broad SMARTS) is 1. The highest BCUT2D eigenvalue weighted by atomic mass is 35.5. The van der Waals surface area contributed by atoms with Gasteiger partial charge < -0.3 is 51.7 Å². The second-order valence-corrected chi connectivity index (χ2v) is 25.3. The lowest BCUT2D eigenvalue weighted by Crippen LogP contribution is -2.57. The summed E-state index contributed by atoms with van der Waals surface area (Å²) in [5.74, 6) is -2.85. The minimum atomic E-state index is -4.18. The molecular formula is C49H54Cl4N12O15S3. The summed E-state index contributed by atoms with van der Waals surface area (Å²) in [6.45, 7) is 1.23. The minimum Gasteiger partial charge on any atom is -0.480 e. The summed E-state index contributed by atoms with van der Waals surface area (Å²) in [4.78, 5) is 55.9. The van der Waals surface area contributed by atoms with Crippen LogP contribution >= 0.6 is 46.4 Å². The molecule has 9 rings (SSSR count). The number of carboxylic acids is 1. The Hall–Kier alpha value is -6.39. The van der Waals surface area contributed by atoms with E-state index in [0.717, 1.165) is 0 Å². The molecule has 3 aliphatic rings. The molecular weight excluding hydrogens is 1230 g/mol. The molecule has 27 nitrogen and oxygen atoms in total. The maximum atomic E-state index is 13.1. The van der Waals surface area contributed by atoms with Crippen LogP contribution in [0.25, 0.3) is 32.3 Å². The van der Waals surface area contributed by atoms with Gasteiger partial charge in [-0.3, -0.25) is 14.4 Å².